The van der Waals surface area contributed by atoms with E-state index in [9.17, 15) is 4.79 Å². The minimum Gasteiger partial charge on any atom is -0.497 e. The van der Waals surface area contributed by atoms with E-state index in [1.54, 1.807) is 14.2 Å². The van der Waals surface area contributed by atoms with Crippen molar-refractivity contribution >= 4 is 12.0 Å². The quantitative estimate of drug-likeness (QED) is 0.856. The number of rotatable bonds is 2. The van der Waals surface area contributed by atoms with Crippen LogP contribution in [0.25, 0.3) is 0 Å². The summed E-state index contributed by atoms with van der Waals surface area (Å²) >= 11 is 0. The highest BCUT2D eigenvalue weighted by Gasteiger charge is 2.16. The molecule has 2 aromatic rings. The maximum Gasteiger partial charge on any atom is 0.167 e. The molecule has 0 spiro atoms. The third-order valence-electron chi connectivity index (χ3n) is 4.06. The van der Waals surface area contributed by atoms with Crippen LogP contribution in [0.3, 0.4) is 0 Å². The monoisotopic (exact) mass is 309 g/mol. The molecule has 0 saturated carbocycles. The molecule has 118 valence electrons. The first-order chi connectivity index (χ1) is 11.2. The van der Waals surface area contributed by atoms with Gasteiger partial charge in [0.25, 0.3) is 0 Å². The lowest BCUT2D eigenvalue weighted by molar-refractivity contribution is 0.0992. The van der Waals surface area contributed by atoms with Gasteiger partial charge < -0.3 is 9.47 Å². The van der Waals surface area contributed by atoms with Crippen molar-refractivity contribution in [3.05, 3.63) is 58.7 Å². The van der Waals surface area contributed by atoms with Crippen LogP contribution in [0.2, 0.25) is 0 Å². The molecule has 0 fully saturated rings. The van der Waals surface area contributed by atoms with Crippen LogP contribution < -0.4 is 9.47 Å². The van der Waals surface area contributed by atoms with E-state index in [4.69, 9.17) is 9.47 Å². The van der Waals surface area contributed by atoms with Gasteiger partial charge in [-0.3, -0.25) is 9.79 Å². The van der Waals surface area contributed by atoms with Gasteiger partial charge in [0.05, 0.1) is 14.2 Å². The standard InChI is InChI=1S/C19H19NO3/c1-22-16-4-3-13-11-19(21)18-6-5-17(23-2)9-14(18)7-8-20-12-15(13)10-16/h3-6,9-10,12H,7-8,11H2,1-2H3. The van der Waals surface area contributed by atoms with E-state index in [0.717, 1.165) is 33.8 Å². The van der Waals surface area contributed by atoms with Crippen molar-refractivity contribution in [3.8, 4) is 11.5 Å². The summed E-state index contributed by atoms with van der Waals surface area (Å²) in [4.78, 5) is 17.2. The van der Waals surface area contributed by atoms with Gasteiger partial charge in [-0.25, -0.2) is 0 Å². The van der Waals surface area contributed by atoms with Crippen molar-refractivity contribution in [1.82, 2.24) is 0 Å². The Morgan fingerprint density at radius 3 is 2.48 bits per heavy atom. The Hall–Kier alpha value is -2.62. The average Bonchev–Trinajstić information content (AvgIpc) is 2.59. The van der Waals surface area contributed by atoms with Crippen molar-refractivity contribution in [1.29, 1.82) is 0 Å². The van der Waals surface area contributed by atoms with Crippen LogP contribution in [0, 0.1) is 0 Å². The van der Waals surface area contributed by atoms with Crippen LogP contribution in [0.4, 0.5) is 0 Å². The first-order valence-electron chi connectivity index (χ1n) is 7.58. The van der Waals surface area contributed by atoms with Crippen molar-refractivity contribution < 1.29 is 14.3 Å². The summed E-state index contributed by atoms with van der Waals surface area (Å²) in [6, 6.07) is 11.3. The molecule has 1 heterocycles. The Kier molecular flexibility index (Phi) is 4.42. The largest absolute Gasteiger partial charge is 0.497 e. The van der Waals surface area contributed by atoms with Crippen LogP contribution >= 0.6 is 0 Å². The predicted molar refractivity (Wildman–Crippen MR) is 90.2 cm³/mol. The van der Waals surface area contributed by atoms with Crippen LogP contribution in [0.15, 0.2) is 41.4 Å². The molecule has 4 heteroatoms. The number of carbonyl (C=O) groups excluding carboxylic acids is 1. The van der Waals surface area contributed by atoms with E-state index in [2.05, 4.69) is 4.99 Å². The average molecular weight is 309 g/mol. The highest BCUT2D eigenvalue weighted by atomic mass is 16.5. The molecule has 4 nitrogen and oxygen atoms in total. The molecule has 0 saturated heterocycles. The number of benzene rings is 2. The topological polar surface area (TPSA) is 47.9 Å². The zero-order chi connectivity index (χ0) is 16.2. The summed E-state index contributed by atoms with van der Waals surface area (Å²) in [5.74, 6) is 1.65. The highest BCUT2D eigenvalue weighted by Crippen LogP contribution is 2.23. The molecule has 0 aliphatic carbocycles. The number of carbonyl (C=O) groups is 1. The number of methoxy groups -OCH3 is 2. The first kappa shape index (κ1) is 15.3. The molecule has 2 aromatic carbocycles. The predicted octanol–water partition coefficient (Wildman–Crippen LogP) is 3.10. The van der Waals surface area contributed by atoms with Crippen LogP contribution in [0.5, 0.6) is 11.5 Å². The Balaban J connectivity index is 2.02. The highest BCUT2D eigenvalue weighted by molar-refractivity contribution is 6.00. The zero-order valence-corrected chi connectivity index (χ0v) is 13.3. The van der Waals surface area contributed by atoms with Gasteiger partial charge in [-0.1, -0.05) is 6.07 Å². The van der Waals surface area contributed by atoms with E-state index >= 15 is 0 Å². The van der Waals surface area contributed by atoms with E-state index in [0.29, 0.717) is 19.4 Å². The molecular formula is C19H19NO3. The molecule has 0 radical (unpaired) electrons. The smallest absolute Gasteiger partial charge is 0.167 e. The van der Waals surface area contributed by atoms with Gasteiger partial charge in [0.15, 0.2) is 5.78 Å². The number of nitrogens with zero attached hydrogens (tertiary/aromatic N) is 1. The second kappa shape index (κ2) is 6.65. The summed E-state index contributed by atoms with van der Waals surface area (Å²) in [6.45, 7) is 0.629. The number of hydrogen-bond donors (Lipinski definition) is 0. The molecule has 0 unspecified atom stereocenters. The Bertz CT molecular complexity index is 765. The second-order valence-electron chi connectivity index (χ2n) is 5.47. The Morgan fingerprint density at radius 1 is 0.957 bits per heavy atom. The molecule has 23 heavy (non-hydrogen) atoms. The molecule has 0 N–H and O–H groups in total. The van der Waals surface area contributed by atoms with Crippen molar-refractivity contribution in [2.75, 3.05) is 20.8 Å². The van der Waals surface area contributed by atoms with Gasteiger partial charge in [0, 0.05) is 24.7 Å². The number of ketones is 1. The summed E-state index contributed by atoms with van der Waals surface area (Å²) in [5, 5.41) is 0. The SMILES string of the molecule is COc1ccc2c(c1)C=NCCc1cc(OC)ccc1C(=O)C2. The minimum absolute atomic E-state index is 0.115. The summed E-state index contributed by atoms with van der Waals surface area (Å²) in [5.41, 5.74) is 3.64. The normalized spacial score (nSPS) is 13.9. The number of hydrogen-bond acceptors (Lipinski definition) is 4. The van der Waals surface area contributed by atoms with Crippen LogP contribution in [-0.2, 0) is 12.8 Å². The minimum atomic E-state index is 0.115. The zero-order valence-electron chi connectivity index (χ0n) is 13.3. The maximum absolute atomic E-state index is 12.7. The maximum atomic E-state index is 12.7. The Labute approximate surface area is 135 Å². The molecule has 1 aliphatic rings. The molecule has 0 atom stereocenters. The molecule has 0 amide bonds. The van der Waals surface area contributed by atoms with Gasteiger partial charge in [-0.05, 0) is 53.4 Å². The second-order valence-corrected chi connectivity index (χ2v) is 5.47. The number of fused-ring (bicyclic) bond motifs is 2. The van der Waals surface area contributed by atoms with E-state index in [1.807, 2.05) is 42.6 Å². The van der Waals surface area contributed by atoms with Gasteiger partial charge in [-0.15, -0.1) is 0 Å². The summed E-state index contributed by atoms with van der Waals surface area (Å²) in [6.07, 6.45) is 2.90. The summed E-state index contributed by atoms with van der Waals surface area (Å²) in [7, 11) is 3.26. The molecule has 1 aliphatic heterocycles. The number of Topliss-reactive ketones (excluding diaryl/α,β-unsaturated/α-hetero) is 1. The van der Waals surface area contributed by atoms with Gasteiger partial charge in [0.1, 0.15) is 11.5 Å². The number of ether oxygens (including phenoxy) is 2. The lowest BCUT2D eigenvalue weighted by atomic mass is 9.94. The van der Waals surface area contributed by atoms with E-state index in [-0.39, 0.29) is 5.78 Å². The fourth-order valence-electron chi connectivity index (χ4n) is 2.77. The fourth-order valence-corrected chi connectivity index (χ4v) is 2.77. The lowest BCUT2D eigenvalue weighted by Gasteiger charge is -2.13. The third-order valence-corrected chi connectivity index (χ3v) is 4.06. The molecule has 3 rings (SSSR count). The van der Waals surface area contributed by atoms with Crippen molar-refractivity contribution in [2.45, 2.75) is 12.8 Å². The van der Waals surface area contributed by atoms with E-state index in [1.165, 1.54) is 0 Å². The summed E-state index contributed by atoms with van der Waals surface area (Å²) < 4.78 is 10.5. The third kappa shape index (κ3) is 3.26. The van der Waals surface area contributed by atoms with Crippen LogP contribution in [0.1, 0.15) is 27.0 Å². The fraction of sp³-hybridized carbons (Fsp3) is 0.263. The number of aliphatic imine (C=N–C) groups is 1. The van der Waals surface area contributed by atoms with E-state index < -0.39 is 0 Å². The van der Waals surface area contributed by atoms with Gasteiger partial charge in [0.2, 0.25) is 0 Å². The molecular weight excluding hydrogens is 290 g/mol. The lowest BCUT2D eigenvalue weighted by Crippen LogP contribution is -2.11. The first-order valence-corrected chi connectivity index (χ1v) is 7.58. The van der Waals surface area contributed by atoms with Crippen LogP contribution in [-0.4, -0.2) is 32.8 Å². The Morgan fingerprint density at radius 2 is 1.70 bits per heavy atom. The van der Waals surface area contributed by atoms with Crippen molar-refractivity contribution in [2.24, 2.45) is 4.99 Å². The van der Waals surface area contributed by atoms with Gasteiger partial charge >= 0.3 is 0 Å². The molecule has 0 aromatic heterocycles. The molecule has 0 bridgehead atoms. The van der Waals surface area contributed by atoms with Crippen molar-refractivity contribution in [3.63, 3.8) is 0 Å². The van der Waals surface area contributed by atoms with Gasteiger partial charge in [-0.2, -0.15) is 0 Å².